The van der Waals surface area contributed by atoms with Gasteiger partial charge in [-0.25, -0.2) is 0 Å². The molecular formula is C25H28N2O6. The number of aliphatic hydroxyl groups excluding tert-OH is 1. The molecule has 8 heteroatoms. The minimum absolute atomic E-state index is 0.0454. The van der Waals surface area contributed by atoms with E-state index in [1.54, 1.807) is 24.3 Å². The predicted octanol–water partition coefficient (Wildman–Crippen LogP) is 2.84. The highest BCUT2D eigenvalue weighted by atomic mass is 16.6. The molecule has 0 saturated carbocycles. The lowest BCUT2D eigenvalue weighted by Crippen LogP contribution is -2.35. The number of likely N-dealkylation sites (N-methyl/N-ethyl adjacent to an activating group) is 1. The fraction of sp³-hybridized carbons (Fsp3) is 0.360. The van der Waals surface area contributed by atoms with Crippen molar-refractivity contribution in [1.29, 1.82) is 0 Å². The number of ether oxygens (including phenoxy) is 3. The van der Waals surface area contributed by atoms with E-state index < -0.39 is 17.7 Å². The van der Waals surface area contributed by atoms with Crippen LogP contribution < -0.4 is 14.2 Å². The van der Waals surface area contributed by atoms with E-state index in [9.17, 15) is 14.7 Å². The van der Waals surface area contributed by atoms with Gasteiger partial charge < -0.3 is 29.1 Å². The Labute approximate surface area is 193 Å². The Hall–Kier alpha value is -3.52. The number of hydrogen-bond donors (Lipinski definition) is 1. The number of Topliss-reactive ketones (excluding diaryl/α,β-unsaturated/α-hetero) is 1. The van der Waals surface area contributed by atoms with Crippen molar-refractivity contribution in [2.45, 2.75) is 13.0 Å². The van der Waals surface area contributed by atoms with Crippen LogP contribution in [-0.2, 0) is 9.59 Å². The molecule has 0 radical (unpaired) electrons. The average molecular weight is 453 g/mol. The quantitative estimate of drug-likeness (QED) is 0.393. The summed E-state index contributed by atoms with van der Waals surface area (Å²) in [7, 11) is 3.80. The Morgan fingerprint density at radius 2 is 1.88 bits per heavy atom. The van der Waals surface area contributed by atoms with Gasteiger partial charge in [-0.15, -0.1) is 0 Å². The molecule has 0 aromatic heterocycles. The first kappa shape index (κ1) is 22.7. The van der Waals surface area contributed by atoms with Crippen LogP contribution in [-0.4, -0.2) is 73.6 Å². The highest BCUT2D eigenvalue weighted by molar-refractivity contribution is 6.46. The molecule has 4 rings (SSSR count). The molecule has 1 amide bonds. The van der Waals surface area contributed by atoms with Crippen LogP contribution in [0.15, 0.2) is 48.0 Å². The van der Waals surface area contributed by atoms with Crippen molar-refractivity contribution in [3.05, 3.63) is 59.2 Å². The first-order chi connectivity index (χ1) is 15.9. The number of hydrogen-bond acceptors (Lipinski definition) is 7. The smallest absolute Gasteiger partial charge is 0.295 e. The summed E-state index contributed by atoms with van der Waals surface area (Å²) in [5.41, 5.74) is 1.12. The summed E-state index contributed by atoms with van der Waals surface area (Å²) in [6, 6.07) is 11.5. The molecule has 0 spiro atoms. The van der Waals surface area contributed by atoms with E-state index in [2.05, 4.69) is 0 Å². The maximum absolute atomic E-state index is 13.1. The highest BCUT2D eigenvalue weighted by Gasteiger charge is 2.46. The SMILES string of the molecule is CCOc1cccc([C@@H]2/C(=C(\O)c3ccc4c(c3)OCCO4)C(=O)C(=O)N2CCN(C)C)c1. The van der Waals surface area contributed by atoms with Gasteiger partial charge in [-0.3, -0.25) is 9.59 Å². The van der Waals surface area contributed by atoms with Crippen LogP contribution in [0.3, 0.4) is 0 Å². The lowest BCUT2D eigenvalue weighted by atomic mass is 9.95. The minimum Gasteiger partial charge on any atom is -0.507 e. The fourth-order valence-electron chi connectivity index (χ4n) is 4.05. The van der Waals surface area contributed by atoms with E-state index in [4.69, 9.17) is 14.2 Å². The number of likely N-dealkylation sites (tertiary alicyclic amines) is 1. The van der Waals surface area contributed by atoms with Gasteiger partial charge in [-0.1, -0.05) is 12.1 Å². The fourth-order valence-corrected chi connectivity index (χ4v) is 4.05. The van der Waals surface area contributed by atoms with Gasteiger partial charge in [0.2, 0.25) is 0 Å². The first-order valence-corrected chi connectivity index (χ1v) is 11.0. The highest BCUT2D eigenvalue weighted by Crippen LogP contribution is 2.41. The van der Waals surface area contributed by atoms with Crippen LogP contribution in [0.25, 0.3) is 5.76 Å². The molecule has 2 heterocycles. The van der Waals surface area contributed by atoms with Crippen molar-refractivity contribution in [2.24, 2.45) is 0 Å². The molecule has 1 atom stereocenters. The number of aliphatic hydroxyl groups is 1. The van der Waals surface area contributed by atoms with Gasteiger partial charge in [0.15, 0.2) is 11.5 Å². The monoisotopic (exact) mass is 452 g/mol. The van der Waals surface area contributed by atoms with Crippen LogP contribution >= 0.6 is 0 Å². The summed E-state index contributed by atoms with van der Waals surface area (Å²) in [6.45, 7) is 4.12. The zero-order chi connectivity index (χ0) is 23.5. The van der Waals surface area contributed by atoms with Crippen molar-refractivity contribution in [2.75, 3.05) is 47.0 Å². The van der Waals surface area contributed by atoms with Gasteiger partial charge in [0.05, 0.1) is 18.2 Å². The zero-order valence-corrected chi connectivity index (χ0v) is 19.0. The van der Waals surface area contributed by atoms with Crippen molar-refractivity contribution >= 4 is 17.4 Å². The predicted molar refractivity (Wildman–Crippen MR) is 123 cm³/mol. The zero-order valence-electron chi connectivity index (χ0n) is 19.0. The number of carbonyl (C=O) groups excluding carboxylic acids is 2. The third-order valence-electron chi connectivity index (χ3n) is 5.63. The van der Waals surface area contributed by atoms with Gasteiger partial charge in [0.1, 0.15) is 24.7 Å². The van der Waals surface area contributed by atoms with E-state index in [1.807, 2.05) is 44.1 Å². The third-order valence-corrected chi connectivity index (χ3v) is 5.63. The lowest BCUT2D eigenvalue weighted by Gasteiger charge is -2.27. The molecule has 2 aliphatic rings. The maximum Gasteiger partial charge on any atom is 0.295 e. The normalized spacial score (nSPS) is 19.3. The Bertz CT molecular complexity index is 1090. The van der Waals surface area contributed by atoms with E-state index in [-0.39, 0.29) is 11.3 Å². The number of nitrogens with zero attached hydrogens (tertiary/aromatic N) is 2. The van der Waals surface area contributed by atoms with Crippen LogP contribution in [0.5, 0.6) is 17.2 Å². The third kappa shape index (κ3) is 4.52. The second-order valence-corrected chi connectivity index (χ2v) is 8.16. The molecule has 1 N–H and O–H groups in total. The molecular weight excluding hydrogens is 424 g/mol. The topological polar surface area (TPSA) is 88.5 Å². The standard InChI is InChI=1S/C25H28N2O6/c1-4-31-18-7-5-6-16(14-18)22-21(24(29)25(30)27(22)11-10-26(2)3)23(28)17-8-9-19-20(15-17)33-13-12-32-19/h5-9,14-15,22,28H,4,10-13H2,1-3H3/b23-21+/t22-/m1/s1. The molecule has 33 heavy (non-hydrogen) atoms. The molecule has 174 valence electrons. The Kier molecular flexibility index (Phi) is 6.55. The number of amides is 1. The maximum atomic E-state index is 13.1. The molecule has 0 unspecified atom stereocenters. The summed E-state index contributed by atoms with van der Waals surface area (Å²) in [6.07, 6.45) is 0. The number of ketones is 1. The molecule has 2 aliphatic heterocycles. The second kappa shape index (κ2) is 9.54. The Morgan fingerprint density at radius 3 is 2.61 bits per heavy atom. The van der Waals surface area contributed by atoms with Gasteiger partial charge >= 0.3 is 0 Å². The Balaban J connectivity index is 1.82. The van der Waals surface area contributed by atoms with Crippen LogP contribution in [0, 0.1) is 0 Å². The van der Waals surface area contributed by atoms with Gasteiger partial charge in [0.25, 0.3) is 11.7 Å². The van der Waals surface area contributed by atoms with Gasteiger partial charge in [-0.05, 0) is 56.9 Å². The molecule has 2 aromatic carbocycles. The number of benzene rings is 2. The minimum atomic E-state index is -0.737. The summed E-state index contributed by atoms with van der Waals surface area (Å²) in [5, 5.41) is 11.3. The molecule has 1 fully saturated rings. The van der Waals surface area contributed by atoms with E-state index >= 15 is 0 Å². The van der Waals surface area contributed by atoms with Crippen molar-refractivity contribution in [3.8, 4) is 17.2 Å². The van der Waals surface area contributed by atoms with Crippen LogP contribution in [0.2, 0.25) is 0 Å². The van der Waals surface area contributed by atoms with Crippen molar-refractivity contribution in [3.63, 3.8) is 0 Å². The van der Waals surface area contributed by atoms with E-state index in [1.165, 1.54) is 4.90 Å². The van der Waals surface area contributed by atoms with E-state index in [0.29, 0.717) is 61.3 Å². The first-order valence-electron chi connectivity index (χ1n) is 11.0. The largest absolute Gasteiger partial charge is 0.507 e. The van der Waals surface area contributed by atoms with Gasteiger partial charge in [-0.2, -0.15) is 0 Å². The number of carbonyl (C=O) groups is 2. The summed E-state index contributed by atoms with van der Waals surface area (Å²) < 4.78 is 16.8. The molecule has 1 saturated heterocycles. The van der Waals surface area contributed by atoms with E-state index in [0.717, 1.165) is 0 Å². The van der Waals surface area contributed by atoms with Crippen LogP contribution in [0.4, 0.5) is 0 Å². The van der Waals surface area contributed by atoms with Gasteiger partial charge in [0, 0.05) is 18.7 Å². The van der Waals surface area contributed by atoms with Crippen molar-refractivity contribution in [1.82, 2.24) is 9.80 Å². The Morgan fingerprint density at radius 1 is 1.12 bits per heavy atom. The van der Waals surface area contributed by atoms with Crippen LogP contribution in [0.1, 0.15) is 24.1 Å². The average Bonchev–Trinajstić information content (AvgIpc) is 3.07. The lowest BCUT2D eigenvalue weighted by molar-refractivity contribution is -0.140. The summed E-state index contributed by atoms with van der Waals surface area (Å²) in [5.74, 6) is 0.0972. The second-order valence-electron chi connectivity index (χ2n) is 8.16. The summed E-state index contributed by atoms with van der Waals surface area (Å²) >= 11 is 0. The number of rotatable bonds is 7. The molecule has 8 nitrogen and oxygen atoms in total. The molecule has 2 aromatic rings. The van der Waals surface area contributed by atoms with Crippen molar-refractivity contribution < 1.29 is 28.9 Å². The molecule has 0 bridgehead atoms. The molecule has 0 aliphatic carbocycles. The number of fused-ring (bicyclic) bond motifs is 1. The summed E-state index contributed by atoms with van der Waals surface area (Å²) in [4.78, 5) is 29.6.